The van der Waals surface area contributed by atoms with Gasteiger partial charge in [0, 0.05) is 25.3 Å². The van der Waals surface area contributed by atoms with Crippen molar-refractivity contribution in [2.75, 3.05) is 38.2 Å². The Labute approximate surface area is 160 Å². The predicted octanol–water partition coefficient (Wildman–Crippen LogP) is 2.58. The average molecular weight is 374 g/mol. The number of allylic oxidation sites excluding steroid dienone is 2. The fraction of sp³-hybridized carbons (Fsp3) is 0.450. The van der Waals surface area contributed by atoms with Crippen molar-refractivity contribution in [3.63, 3.8) is 0 Å². The molecule has 7 nitrogen and oxygen atoms in total. The lowest BCUT2D eigenvalue weighted by Gasteiger charge is -2.11. The number of nitrogens with one attached hydrogen (secondary N) is 2. The van der Waals surface area contributed by atoms with Gasteiger partial charge in [-0.2, -0.15) is 0 Å². The van der Waals surface area contributed by atoms with Crippen molar-refractivity contribution < 1.29 is 14.9 Å². The quantitative estimate of drug-likeness (QED) is 0.245. The zero-order chi connectivity index (χ0) is 19.5. The molecule has 0 aliphatic carbocycles. The van der Waals surface area contributed by atoms with Crippen LogP contribution in [0.4, 0.5) is 5.95 Å². The molecule has 0 unspecified atom stereocenters. The van der Waals surface area contributed by atoms with Crippen molar-refractivity contribution in [2.24, 2.45) is 0 Å². The minimum atomic E-state index is -0.0204. The van der Waals surface area contributed by atoms with Crippen LogP contribution in [-0.2, 0) is 17.9 Å². The van der Waals surface area contributed by atoms with Gasteiger partial charge in [0.05, 0.1) is 37.1 Å². The third kappa shape index (κ3) is 6.09. The van der Waals surface area contributed by atoms with Crippen LogP contribution in [-0.4, -0.2) is 52.6 Å². The average Bonchev–Trinajstić information content (AvgIpc) is 3.04. The summed E-state index contributed by atoms with van der Waals surface area (Å²) in [7, 11) is 0. The van der Waals surface area contributed by atoms with Crippen LogP contribution in [0.2, 0.25) is 0 Å². The summed E-state index contributed by atoms with van der Waals surface area (Å²) in [4.78, 5) is 4.66. The Bertz CT molecular complexity index is 755. The smallest absolute Gasteiger partial charge is 0.204 e. The Morgan fingerprint density at radius 3 is 2.89 bits per heavy atom. The zero-order valence-electron chi connectivity index (χ0n) is 15.9. The molecular formula is C20H30N4O3. The first-order valence-electron chi connectivity index (χ1n) is 9.31. The molecule has 0 amide bonds. The summed E-state index contributed by atoms with van der Waals surface area (Å²) in [6.45, 7) is 10.1. The van der Waals surface area contributed by atoms with E-state index in [4.69, 9.17) is 4.74 Å². The first kappa shape index (κ1) is 21.0. The predicted molar refractivity (Wildman–Crippen MR) is 109 cm³/mol. The molecule has 0 radical (unpaired) electrons. The van der Waals surface area contributed by atoms with Crippen LogP contribution in [0.5, 0.6) is 0 Å². The molecule has 0 saturated heterocycles. The van der Waals surface area contributed by atoms with Gasteiger partial charge in [-0.05, 0) is 37.6 Å². The number of aliphatic hydroxyl groups excluding tert-OH is 2. The third-order valence-electron chi connectivity index (χ3n) is 4.20. The number of nitrogens with zero attached hydrogens (tertiary/aromatic N) is 2. The number of aromatic nitrogens is 2. The Kier molecular flexibility index (Phi) is 8.83. The van der Waals surface area contributed by atoms with Crippen LogP contribution in [0, 0.1) is 0 Å². The fourth-order valence-electron chi connectivity index (χ4n) is 2.74. The van der Waals surface area contributed by atoms with Gasteiger partial charge in [-0.25, -0.2) is 4.98 Å². The van der Waals surface area contributed by atoms with Crippen molar-refractivity contribution in [2.45, 2.75) is 26.5 Å². The molecule has 0 aliphatic rings. The highest BCUT2D eigenvalue weighted by atomic mass is 16.5. The van der Waals surface area contributed by atoms with Crippen molar-refractivity contribution in [1.29, 1.82) is 0 Å². The molecule has 7 heteroatoms. The highest BCUT2D eigenvalue weighted by molar-refractivity contribution is 5.79. The molecule has 0 atom stereocenters. The summed E-state index contributed by atoms with van der Waals surface area (Å²) in [6.07, 6.45) is 3.63. The van der Waals surface area contributed by atoms with E-state index in [0.29, 0.717) is 12.1 Å². The monoisotopic (exact) mass is 374 g/mol. The number of hydrogen-bond acceptors (Lipinski definition) is 6. The maximum absolute atomic E-state index is 9.37. The molecule has 2 rings (SSSR count). The van der Waals surface area contributed by atoms with Crippen LogP contribution in [0.3, 0.4) is 0 Å². The lowest BCUT2D eigenvalue weighted by Crippen LogP contribution is -2.23. The van der Waals surface area contributed by atoms with E-state index in [9.17, 15) is 10.2 Å². The highest BCUT2D eigenvalue weighted by Gasteiger charge is 2.12. The lowest BCUT2D eigenvalue weighted by molar-refractivity contribution is 0.149. The number of fused-ring (bicyclic) bond motifs is 1. The SMILES string of the molecule is C=C/C(=C/O)Cn1c(NCCCNCCOCC)nc2cc(CO)ccc21. The molecule has 2 aromatic rings. The third-order valence-corrected chi connectivity index (χ3v) is 4.20. The number of imidazole rings is 1. The number of anilines is 1. The molecule has 0 saturated carbocycles. The Morgan fingerprint density at radius 2 is 2.19 bits per heavy atom. The number of aliphatic hydroxyl groups is 2. The van der Waals surface area contributed by atoms with E-state index < -0.39 is 0 Å². The molecular weight excluding hydrogens is 344 g/mol. The van der Waals surface area contributed by atoms with Crippen LogP contribution in [0.25, 0.3) is 11.0 Å². The van der Waals surface area contributed by atoms with Gasteiger partial charge in [-0.1, -0.05) is 18.7 Å². The standard InChI is InChI=1S/C20H30N4O3/c1-3-16(14-25)13-24-19-7-6-17(15-26)12-18(19)23-20(24)22-9-5-8-21-10-11-27-4-2/h3,6-7,12,14,21,25-26H,1,4-5,8-11,13,15H2,2H3,(H,22,23)/b16-14-. The van der Waals surface area contributed by atoms with E-state index in [1.807, 2.05) is 29.7 Å². The number of benzene rings is 1. The summed E-state index contributed by atoms with van der Waals surface area (Å²) >= 11 is 0. The maximum Gasteiger partial charge on any atom is 0.204 e. The zero-order valence-corrected chi connectivity index (χ0v) is 15.9. The van der Waals surface area contributed by atoms with Gasteiger partial charge in [0.15, 0.2) is 0 Å². The van der Waals surface area contributed by atoms with Gasteiger partial charge in [-0.3, -0.25) is 0 Å². The minimum absolute atomic E-state index is 0.0204. The maximum atomic E-state index is 9.37. The van der Waals surface area contributed by atoms with Gasteiger partial charge < -0.3 is 30.2 Å². The molecule has 0 spiro atoms. The summed E-state index contributed by atoms with van der Waals surface area (Å²) in [5.41, 5.74) is 3.26. The molecule has 4 N–H and O–H groups in total. The first-order valence-corrected chi connectivity index (χ1v) is 9.31. The number of ether oxygens (including phenoxy) is 1. The molecule has 1 aromatic heterocycles. The lowest BCUT2D eigenvalue weighted by atomic mass is 10.2. The van der Waals surface area contributed by atoms with Gasteiger partial charge in [0.1, 0.15) is 0 Å². The summed E-state index contributed by atoms with van der Waals surface area (Å²) in [5, 5.41) is 25.4. The molecule has 0 bridgehead atoms. The minimum Gasteiger partial charge on any atom is -0.515 e. The highest BCUT2D eigenvalue weighted by Crippen LogP contribution is 2.23. The first-order chi connectivity index (χ1) is 13.2. The molecule has 1 aromatic carbocycles. The number of rotatable bonds is 13. The topological polar surface area (TPSA) is 91.6 Å². The van der Waals surface area contributed by atoms with Crippen LogP contribution in [0.1, 0.15) is 18.9 Å². The number of hydrogen-bond donors (Lipinski definition) is 4. The molecule has 1 heterocycles. The van der Waals surface area contributed by atoms with E-state index in [2.05, 4.69) is 22.2 Å². The summed E-state index contributed by atoms with van der Waals surface area (Å²) < 4.78 is 7.30. The van der Waals surface area contributed by atoms with Crippen molar-refractivity contribution in [1.82, 2.24) is 14.9 Å². The van der Waals surface area contributed by atoms with Gasteiger partial charge in [0.25, 0.3) is 0 Å². The Morgan fingerprint density at radius 1 is 1.33 bits per heavy atom. The summed E-state index contributed by atoms with van der Waals surface area (Å²) in [6, 6.07) is 5.69. The molecule has 27 heavy (non-hydrogen) atoms. The van der Waals surface area contributed by atoms with Gasteiger partial charge in [0.2, 0.25) is 5.95 Å². The normalized spacial score (nSPS) is 11.9. The van der Waals surface area contributed by atoms with Crippen LogP contribution in [0.15, 0.2) is 42.7 Å². The van der Waals surface area contributed by atoms with Crippen LogP contribution >= 0.6 is 0 Å². The Balaban J connectivity index is 2.03. The van der Waals surface area contributed by atoms with Gasteiger partial charge in [-0.15, -0.1) is 0 Å². The van der Waals surface area contributed by atoms with E-state index in [1.54, 1.807) is 6.08 Å². The second kappa shape index (κ2) is 11.4. The van der Waals surface area contributed by atoms with E-state index in [1.165, 1.54) is 0 Å². The molecule has 0 fully saturated rings. The van der Waals surface area contributed by atoms with E-state index in [-0.39, 0.29) is 6.61 Å². The van der Waals surface area contributed by atoms with E-state index >= 15 is 0 Å². The van der Waals surface area contributed by atoms with Gasteiger partial charge >= 0.3 is 0 Å². The van der Waals surface area contributed by atoms with E-state index in [0.717, 1.165) is 68.1 Å². The fourth-order valence-corrected chi connectivity index (χ4v) is 2.74. The van der Waals surface area contributed by atoms with Crippen molar-refractivity contribution in [3.8, 4) is 0 Å². The second-order valence-electron chi connectivity index (χ2n) is 6.14. The summed E-state index contributed by atoms with van der Waals surface area (Å²) in [5.74, 6) is 0.732. The van der Waals surface area contributed by atoms with Crippen molar-refractivity contribution >= 4 is 17.0 Å². The van der Waals surface area contributed by atoms with Crippen molar-refractivity contribution in [3.05, 3.63) is 48.3 Å². The Hall–Kier alpha value is -2.35. The molecule has 0 aliphatic heterocycles. The van der Waals surface area contributed by atoms with Crippen LogP contribution < -0.4 is 10.6 Å². The second-order valence-corrected chi connectivity index (χ2v) is 6.14. The molecule has 148 valence electrons. The largest absolute Gasteiger partial charge is 0.515 e.